The molecule has 10 heteroatoms. The third kappa shape index (κ3) is 16.2. The quantitative estimate of drug-likeness (QED) is 0.672. The average Bonchev–Trinajstić information content (AvgIpc) is 2.01. The highest BCUT2D eigenvalue weighted by atomic mass is 32.3. The van der Waals surface area contributed by atoms with Crippen molar-refractivity contribution in [2.45, 2.75) is 20.8 Å². The highest BCUT2D eigenvalue weighted by Crippen LogP contribution is 1.91. The monoisotopic (exact) mass is 279 g/mol. The van der Waals surface area contributed by atoms with Crippen LogP contribution in [-0.4, -0.2) is 50.5 Å². The Kier molecular flexibility index (Phi) is 8.97. The van der Waals surface area contributed by atoms with Crippen molar-refractivity contribution in [2.75, 3.05) is 19.6 Å². The van der Waals surface area contributed by atoms with Gasteiger partial charge in [0.25, 0.3) is 0 Å². The summed E-state index contributed by atoms with van der Waals surface area (Å²) < 4.78 is 55.6. The van der Waals surface area contributed by atoms with Crippen LogP contribution in [-0.2, 0) is 24.4 Å². The third-order valence-electron chi connectivity index (χ3n) is 1.51. The lowest BCUT2D eigenvalue weighted by molar-refractivity contribution is 0.321. The van der Waals surface area contributed by atoms with Crippen LogP contribution < -0.4 is 0 Å². The van der Waals surface area contributed by atoms with Crippen molar-refractivity contribution in [3.63, 3.8) is 0 Å². The molecule has 8 nitrogen and oxygen atoms in total. The van der Waals surface area contributed by atoms with Gasteiger partial charge in [-0.1, -0.05) is 20.8 Å². The fourth-order valence-electron chi connectivity index (χ4n) is 0.779. The van der Waals surface area contributed by atoms with E-state index in [1.165, 1.54) is 19.6 Å². The summed E-state index contributed by atoms with van der Waals surface area (Å²) in [5.74, 6) is 0. The van der Waals surface area contributed by atoms with Gasteiger partial charge in [-0.05, 0) is 19.6 Å². The Bertz CT molecular complexity index is 321. The van der Waals surface area contributed by atoms with E-state index in [2.05, 4.69) is 29.3 Å². The first kappa shape index (κ1) is 18.1. The molecule has 0 saturated carbocycles. The first-order valence-electron chi connectivity index (χ1n) is 4.44. The van der Waals surface area contributed by atoms with Crippen LogP contribution in [0.2, 0.25) is 0 Å². The second-order valence-corrected chi connectivity index (χ2v) is 4.80. The minimum atomic E-state index is -5.12. The molecule has 0 spiro atoms. The molecule has 0 atom stereocenters. The topological polar surface area (TPSA) is 121 Å². The van der Waals surface area contributed by atoms with E-state index in [1.807, 2.05) is 0 Å². The van der Waals surface area contributed by atoms with Crippen molar-refractivity contribution in [1.82, 2.24) is 4.90 Å². The second-order valence-electron chi connectivity index (χ2n) is 2.54. The third-order valence-corrected chi connectivity index (χ3v) is 2.89. The molecule has 0 radical (unpaired) electrons. The minimum Gasteiger partial charge on any atom is -0.304 e. The van der Waals surface area contributed by atoms with Gasteiger partial charge in [-0.15, -0.1) is 3.63 Å². The Balaban J connectivity index is 0. The molecule has 0 unspecified atom stereocenters. The number of nitrogens with zero attached hydrogens (tertiary/aromatic N) is 1. The first-order valence-corrected chi connectivity index (χ1v) is 7.17. The fourth-order valence-corrected chi connectivity index (χ4v) is 1.65. The molecule has 0 aliphatic carbocycles. The lowest BCUT2D eigenvalue weighted by Gasteiger charge is -2.13. The van der Waals surface area contributed by atoms with Gasteiger partial charge < -0.3 is 4.90 Å². The maximum absolute atomic E-state index is 9.44. The summed E-state index contributed by atoms with van der Waals surface area (Å²) in [6.07, 6.45) is 0. The fraction of sp³-hybridized carbons (Fsp3) is 1.00. The van der Waals surface area contributed by atoms with Gasteiger partial charge in [0, 0.05) is 0 Å². The van der Waals surface area contributed by atoms with Crippen LogP contribution in [0.1, 0.15) is 20.8 Å². The molecule has 2 N–H and O–H groups in total. The van der Waals surface area contributed by atoms with Gasteiger partial charge in [0.15, 0.2) is 0 Å². The molecule has 0 amide bonds. The standard InChI is InChI=1S/C6H15N.H2O7S2/c1-4-7(5-2)6-3;1-8(2,3)7-9(4,5)6/h4-6H2,1-3H3;(H,1,2,3)(H,4,5,6). The molecule has 0 aromatic heterocycles. The summed E-state index contributed by atoms with van der Waals surface area (Å²) in [6, 6.07) is 0. The van der Waals surface area contributed by atoms with E-state index >= 15 is 0 Å². The Labute approximate surface area is 96.1 Å². The van der Waals surface area contributed by atoms with Crippen LogP contribution in [0.25, 0.3) is 0 Å². The van der Waals surface area contributed by atoms with Gasteiger partial charge in [0.2, 0.25) is 0 Å². The number of hydrogen-bond acceptors (Lipinski definition) is 6. The summed E-state index contributed by atoms with van der Waals surface area (Å²) in [5, 5.41) is 0. The Morgan fingerprint density at radius 1 is 0.875 bits per heavy atom. The van der Waals surface area contributed by atoms with Gasteiger partial charge in [-0.25, -0.2) is 0 Å². The predicted molar refractivity (Wildman–Crippen MR) is 57.6 cm³/mol. The van der Waals surface area contributed by atoms with Crippen molar-refractivity contribution in [1.29, 1.82) is 0 Å². The van der Waals surface area contributed by atoms with E-state index in [-0.39, 0.29) is 0 Å². The molecular formula is C6H17NO7S2. The van der Waals surface area contributed by atoms with Crippen LogP contribution in [0.5, 0.6) is 0 Å². The van der Waals surface area contributed by atoms with Crippen LogP contribution in [0, 0.1) is 0 Å². The summed E-state index contributed by atoms with van der Waals surface area (Å²) in [7, 11) is -10.2. The van der Waals surface area contributed by atoms with E-state index in [0.717, 1.165) is 0 Å². The van der Waals surface area contributed by atoms with E-state index in [4.69, 9.17) is 9.11 Å². The smallest absolute Gasteiger partial charge is 0.304 e. The molecule has 0 fully saturated rings. The summed E-state index contributed by atoms with van der Waals surface area (Å²) in [6.45, 7) is 10.1. The zero-order chi connectivity index (χ0) is 13.4. The summed E-state index contributed by atoms with van der Waals surface area (Å²) in [5.41, 5.74) is 0. The van der Waals surface area contributed by atoms with Gasteiger partial charge in [-0.3, -0.25) is 9.11 Å². The van der Waals surface area contributed by atoms with Crippen LogP contribution >= 0.6 is 0 Å². The zero-order valence-corrected chi connectivity index (χ0v) is 11.0. The lowest BCUT2D eigenvalue weighted by atomic mass is 10.5. The van der Waals surface area contributed by atoms with Gasteiger partial charge in [-0.2, -0.15) is 16.8 Å². The molecule has 0 bridgehead atoms. The van der Waals surface area contributed by atoms with Crippen molar-refractivity contribution in [2.24, 2.45) is 0 Å². The highest BCUT2D eigenvalue weighted by molar-refractivity contribution is 7.94. The number of hydrogen-bond donors (Lipinski definition) is 2. The van der Waals surface area contributed by atoms with Crippen molar-refractivity contribution < 1.29 is 29.6 Å². The van der Waals surface area contributed by atoms with Gasteiger partial charge in [0.05, 0.1) is 0 Å². The molecular weight excluding hydrogens is 262 g/mol. The molecule has 0 saturated heterocycles. The molecule has 0 heterocycles. The minimum absolute atomic E-state index is 1.19. The zero-order valence-electron chi connectivity index (χ0n) is 9.32. The van der Waals surface area contributed by atoms with Gasteiger partial charge in [0.1, 0.15) is 0 Å². The Morgan fingerprint density at radius 3 is 1.12 bits per heavy atom. The van der Waals surface area contributed by atoms with E-state index in [9.17, 15) is 16.8 Å². The maximum atomic E-state index is 9.44. The normalized spacial score (nSPS) is 12.1. The molecule has 16 heavy (non-hydrogen) atoms. The highest BCUT2D eigenvalue weighted by Gasteiger charge is 2.15. The van der Waals surface area contributed by atoms with E-state index in [0.29, 0.717) is 0 Å². The van der Waals surface area contributed by atoms with Crippen molar-refractivity contribution in [3.05, 3.63) is 0 Å². The predicted octanol–water partition coefficient (Wildman–Crippen LogP) is -0.0433. The second kappa shape index (κ2) is 7.92. The Morgan fingerprint density at radius 2 is 1.12 bits per heavy atom. The van der Waals surface area contributed by atoms with Crippen LogP contribution in [0.15, 0.2) is 0 Å². The van der Waals surface area contributed by atoms with Crippen LogP contribution in [0.4, 0.5) is 0 Å². The van der Waals surface area contributed by atoms with Crippen molar-refractivity contribution >= 4 is 20.8 Å². The van der Waals surface area contributed by atoms with Crippen molar-refractivity contribution in [3.8, 4) is 0 Å². The number of rotatable bonds is 5. The molecule has 0 aromatic rings. The molecule has 0 aliphatic heterocycles. The largest absolute Gasteiger partial charge is 0.413 e. The lowest BCUT2D eigenvalue weighted by Crippen LogP contribution is -2.21. The van der Waals surface area contributed by atoms with Gasteiger partial charge >= 0.3 is 20.8 Å². The molecule has 100 valence electrons. The van der Waals surface area contributed by atoms with E-state index < -0.39 is 20.8 Å². The average molecular weight is 279 g/mol. The SMILES string of the molecule is CCN(CC)CC.O=S(=O)(O)OS(=O)(=O)O. The maximum Gasteiger partial charge on any atom is 0.413 e. The van der Waals surface area contributed by atoms with Crippen LogP contribution in [0.3, 0.4) is 0 Å². The Hall–Kier alpha value is -0.260. The van der Waals surface area contributed by atoms with E-state index in [1.54, 1.807) is 0 Å². The molecule has 0 aliphatic rings. The molecule has 0 aromatic carbocycles. The first-order chi connectivity index (χ1) is 7.05. The summed E-state index contributed by atoms with van der Waals surface area (Å²) >= 11 is 0. The molecule has 0 rings (SSSR count). The summed E-state index contributed by atoms with van der Waals surface area (Å²) in [4.78, 5) is 2.38.